The van der Waals surface area contributed by atoms with Gasteiger partial charge in [-0.3, -0.25) is 4.79 Å². The summed E-state index contributed by atoms with van der Waals surface area (Å²) in [6.45, 7) is 1.63. The summed E-state index contributed by atoms with van der Waals surface area (Å²) >= 11 is 5.69. The largest absolute Gasteiger partial charge is 0.452 e. The van der Waals surface area contributed by atoms with Gasteiger partial charge in [-0.1, -0.05) is 36.7 Å². The highest BCUT2D eigenvalue weighted by atomic mass is 35.5. The average molecular weight is 319 g/mol. The summed E-state index contributed by atoms with van der Waals surface area (Å²) in [6.07, 6.45) is 2.20. The first-order valence-electron chi connectivity index (χ1n) is 6.76. The van der Waals surface area contributed by atoms with Crippen LogP contribution < -0.4 is 5.32 Å². The maximum atomic E-state index is 11.9. The van der Waals surface area contributed by atoms with Gasteiger partial charge in [-0.25, -0.2) is 9.78 Å². The van der Waals surface area contributed by atoms with Crippen LogP contribution in [0, 0.1) is 0 Å². The van der Waals surface area contributed by atoms with Gasteiger partial charge >= 0.3 is 5.97 Å². The number of pyridine rings is 1. The molecule has 1 heterocycles. The SMILES string of the molecule is CCc1ccccc1NC(=O)COC(=O)c1ccnc(Cl)c1. The number of amides is 1. The van der Waals surface area contributed by atoms with Crippen molar-refractivity contribution in [3.05, 3.63) is 58.9 Å². The number of nitrogens with one attached hydrogen (secondary N) is 1. The molecule has 0 saturated heterocycles. The van der Waals surface area contributed by atoms with Crippen molar-refractivity contribution in [3.63, 3.8) is 0 Å². The zero-order valence-electron chi connectivity index (χ0n) is 12.0. The van der Waals surface area contributed by atoms with Gasteiger partial charge in [0, 0.05) is 11.9 Å². The number of carbonyl (C=O) groups is 2. The molecule has 6 heteroatoms. The lowest BCUT2D eigenvalue weighted by Crippen LogP contribution is -2.21. The molecule has 0 unspecified atom stereocenters. The molecule has 0 spiro atoms. The van der Waals surface area contributed by atoms with Crippen LogP contribution in [0.15, 0.2) is 42.6 Å². The number of aromatic nitrogens is 1. The predicted molar refractivity (Wildman–Crippen MR) is 84.0 cm³/mol. The van der Waals surface area contributed by atoms with E-state index >= 15 is 0 Å². The number of benzene rings is 1. The molecule has 2 rings (SSSR count). The number of carbonyl (C=O) groups excluding carboxylic acids is 2. The van der Waals surface area contributed by atoms with E-state index in [-0.39, 0.29) is 17.3 Å². The van der Waals surface area contributed by atoms with E-state index in [9.17, 15) is 9.59 Å². The van der Waals surface area contributed by atoms with Crippen LogP contribution in [0.3, 0.4) is 0 Å². The quantitative estimate of drug-likeness (QED) is 0.679. The standard InChI is InChI=1S/C16H15ClN2O3/c1-2-11-5-3-4-6-13(11)19-15(20)10-22-16(21)12-7-8-18-14(17)9-12/h3-9H,2,10H2,1H3,(H,19,20). The number of aryl methyl sites for hydroxylation is 1. The molecule has 0 saturated carbocycles. The molecule has 0 bridgehead atoms. The van der Waals surface area contributed by atoms with Crippen molar-refractivity contribution in [2.75, 3.05) is 11.9 Å². The molecule has 0 fully saturated rings. The molecular weight excluding hydrogens is 304 g/mol. The van der Waals surface area contributed by atoms with Crippen LogP contribution in [0.25, 0.3) is 0 Å². The number of esters is 1. The lowest BCUT2D eigenvalue weighted by atomic mass is 10.1. The second-order valence-electron chi connectivity index (χ2n) is 4.50. The van der Waals surface area contributed by atoms with Crippen LogP contribution in [0.4, 0.5) is 5.69 Å². The fourth-order valence-corrected chi connectivity index (χ4v) is 2.05. The van der Waals surface area contributed by atoms with Gasteiger partial charge in [0.25, 0.3) is 5.91 Å². The Labute approximate surface area is 133 Å². The van der Waals surface area contributed by atoms with Crippen LogP contribution in [0.2, 0.25) is 5.15 Å². The normalized spacial score (nSPS) is 10.1. The maximum Gasteiger partial charge on any atom is 0.338 e. The number of hydrogen-bond acceptors (Lipinski definition) is 4. The van der Waals surface area contributed by atoms with Gasteiger partial charge in [0.15, 0.2) is 6.61 Å². The van der Waals surface area contributed by atoms with E-state index in [4.69, 9.17) is 16.3 Å². The average Bonchev–Trinajstić information content (AvgIpc) is 2.53. The molecule has 1 N–H and O–H groups in total. The highest BCUT2D eigenvalue weighted by molar-refractivity contribution is 6.29. The Morgan fingerprint density at radius 1 is 1.27 bits per heavy atom. The van der Waals surface area contributed by atoms with Crippen molar-refractivity contribution in [3.8, 4) is 0 Å². The molecule has 1 amide bonds. The molecule has 1 aromatic carbocycles. The lowest BCUT2D eigenvalue weighted by molar-refractivity contribution is -0.119. The van der Waals surface area contributed by atoms with Gasteiger partial charge in [-0.2, -0.15) is 0 Å². The first-order valence-corrected chi connectivity index (χ1v) is 7.14. The molecule has 0 aliphatic carbocycles. The van der Waals surface area contributed by atoms with Crippen LogP contribution in [-0.4, -0.2) is 23.5 Å². The first-order chi connectivity index (χ1) is 10.6. The van der Waals surface area contributed by atoms with Crippen LogP contribution in [-0.2, 0) is 16.0 Å². The van der Waals surface area contributed by atoms with Crippen molar-refractivity contribution >= 4 is 29.2 Å². The van der Waals surface area contributed by atoms with E-state index in [0.29, 0.717) is 0 Å². The zero-order chi connectivity index (χ0) is 15.9. The van der Waals surface area contributed by atoms with Gasteiger partial charge in [-0.05, 0) is 30.2 Å². The summed E-state index contributed by atoms with van der Waals surface area (Å²) in [6, 6.07) is 10.3. The third-order valence-electron chi connectivity index (χ3n) is 2.97. The van der Waals surface area contributed by atoms with Crippen molar-refractivity contribution in [1.29, 1.82) is 0 Å². The first kappa shape index (κ1) is 16.0. The van der Waals surface area contributed by atoms with E-state index in [2.05, 4.69) is 10.3 Å². The second kappa shape index (κ2) is 7.56. The van der Waals surface area contributed by atoms with Gasteiger partial charge in [-0.15, -0.1) is 0 Å². The van der Waals surface area contributed by atoms with Crippen molar-refractivity contribution < 1.29 is 14.3 Å². The van der Waals surface area contributed by atoms with Gasteiger partial charge < -0.3 is 10.1 Å². The molecule has 114 valence electrons. The summed E-state index contributed by atoms with van der Waals surface area (Å²) in [7, 11) is 0. The molecule has 22 heavy (non-hydrogen) atoms. The van der Waals surface area contributed by atoms with E-state index in [0.717, 1.165) is 17.7 Å². The summed E-state index contributed by atoms with van der Waals surface area (Å²) in [4.78, 5) is 27.4. The van der Waals surface area contributed by atoms with E-state index in [1.54, 1.807) is 6.07 Å². The number of anilines is 1. The Kier molecular flexibility index (Phi) is 5.49. The summed E-state index contributed by atoms with van der Waals surface area (Å²) in [5.41, 5.74) is 1.99. The zero-order valence-corrected chi connectivity index (χ0v) is 12.8. The highest BCUT2D eigenvalue weighted by Gasteiger charge is 2.11. The summed E-state index contributed by atoms with van der Waals surface area (Å²) in [5.74, 6) is -1.02. The lowest BCUT2D eigenvalue weighted by Gasteiger charge is -2.10. The molecule has 5 nitrogen and oxygen atoms in total. The van der Waals surface area contributed by atoms with Gasteiger partial charge in [0.1, 0.15) is 5.15 Å². The Hall–Kier alpha value is -2.40. The molecule has 0 radical (unpaired) electrons. The number of ether oxygens (including phenoxy) is 1. The molecule has 1 aromatic heterocycles. The number of para-hydroxylation sites is 1. The highest BCUT2D eigenvalue weighted by Crippen LogP contribution is 2.15. The monoisotopic (exact) mass is 318 g/mol. The van der Waals surface area contributed by atoms with Gasteiger partial charge in [0.2, 0.25) is 0 Å². The van der Waals surface area contributed by atoms with Crippen LogP contribution >= 0.6 is 11.6 Å². The minimum Gasteiger partial charge on any atom is -0.452 e. The topological polar surface area (TPSA) is 68.3 Å². The predicted octanol–water partition coefficient (Wildman–Crippen LogP) is 3.09. The second-order valence-corrected chi connectivity index (χ2v) is 4.89. The van der Waals surface area contributed by atoms with Crippen molar-refractivity contribution in [2.45, 2.75) is 13.3 Å². The number of rotatable bonds is 5. The molecule has 0 atom stereocenters. The minimum atomic E-state index is -0.622. The van der Waals surface area contributed by atoms with Gasteiger partial charge in [0.05, 0.1) is 5.56 Å². The summed E-state index contributed by atoms with van der Waals surface area (Å²) < 4.78 is 4.95. The smallest absolute Gasteiger partial charge is 0.338 e. The Balaban J connectivity index is 1.91. The third-order valence-corrected chi connectivity index (χ3v) is 3.18. The Bertz CT molecular complexity index is 689. The molecular formula is C16H15ClN2O3. The summed E-state index contributed by atoms with van der Waals surface area (Å²) in [5, 5.41) is 2.92. The Morgan fingerprint density at radius 2 is 2.05 bits per heavy atom. The van der Waals surface area contributed by atoms with Crippen LogP contribution in [0.5, 0.6) is 0 Å². The minimum absolute atomic E-state index is 0.191. The van der Waals surface area contributed by atoms with Crippen molar-refractivity contribution in [1.82, 2.24) is 4.98 Å². The van der Waals surface area contributed by atoms with E-state index in [1.807, 2.05) is 25.1 Å². The van der Waals surface area contributed by atoms with E-state index < -0.39 is 11.9 Å². The fraction of sp³-hybridized carbons (Fsp3) is 0.188. The Morgan fingerprint density at radius 3 is 2.77 bits per heavy atom. The number of nitrogens with zero attached hydrogens (tertiary/aromatic N) is 1. The van der Waals surface area contributed by atoms with E-state index in [1.165, 1.54) is 18.3 Å². The van der Waals surface area contributed by atoms with Crippen LogP contribution in [0.1, 0.15) is 22.8 Å². The van der Waals surface area contributed by atoms with Crippen molar-refractivity contribution in [2.24, 2.45) is 0 Å². The maximum absolute atomic E-state index is 11.9. The number of halogens is 1. The third kappa shape index (κ3) is 4.30. The molecule has 2 aromatic rings. The molecule has 0 aliphatic rings. The number of hydrogen-bond donors (Lipinski definition) is 1. The fourth-order valence-electron chi connectivity index (χ4n) is 1.88. The molecule has 0 aliphatic heterocycles.